The third kappa shape index (κ3) is 13.8. The average molecular weight is 255 g/mol. The van der Waals surface area contributed by atoms with Gasteiger partial charge in [-0.05, 0) is 36.9 Å². The molecule has 4 heteroatoms. The van der Waals surface area contributed by atoms with E-state index in [0.717, 1.165) is 51.0 Å². The van der Waals surface area contributed by atoms with Crippen molar-refractivity contribution in [3.63, 3.8) is 0 Å². The highest BCUT2D eigenvalue weighted by molar-refractivity contribution is 6.22. The summed E-state index contributed by atoms with van der Waals surface area (Å²) in [5.74, 6) is 0. The molecule has 0 aromatic carbocycles. The van der Waals surface area contributed by atoms with Crippen LogP contribution in [0.4, 0.5) is 8.78 Å². The van der Waals surface area contributed by atoms with Crippen LogP contribution in [0.1, 0.15) is 51.4 Å². The van der Waals surface area contributed by atoms with Crippen LogP contribution in [0, 0.1) is 0 Å². The molecule has 0 saturated carbocycles. The molecular weight excluding hydrogens is 234 g/mol. The lowest BCUT2D eigenvalue weighted by Gasteiger charge is -2.01. The molecule has 0 aliphatic rings. The van der Waals surface area contributed by atoms with Gasteiger partial charge in [0, 0.05) is 6.61 Å². The molecule has 1 nitrogen and oxygen atoms in total. The SMILES string of the molecule is OCCCCCCCCC/C=C/C(F)(F)Cl. The maximum absolute atomic E-state index is 12.1. The van der Waals surface area contributed by atoms with Crippen LogP contribution in [-0.4, -0.2) is 17.1 Å². The van der Waals surface area contributed by atoms with Crippen LogP contribution in [-0.2, 0) is 0 Å². The second-order valence-corrected chi connectivity index (χ2v) is 4.44. The summed E-state index contributed by atoms with van der Waals surface area (Å²) < 4.78 is 24.3. The first-order valence-electron chi connectivity index (χ1n) is 5.91. The topological polar surface area (TPSA) is 20.2 Å². The molecule has 0 spiro atoms. The van der Waals surface area contributed by atoms with E-state index in [-0.39, 0.29) is 6.61 Å². The number of alkyl halides is 3. The molecule has 0 saturated heterocycles. The lowest BCUT2D eigenvalue weighted by atomic mass is 10.1. The largest absolute Gasteiger partial charge is 0.396 e. The minimum absolute atomic E-state index is 0.275. The van der Waals surface area contributed by atoms with E-state index in [1.54, 1.807) is 0 Å². The standard InChI is InChI=1S/C12H21ClF2O/c13-12(14,15)10-8-6-4-2-1-3-5-7-9-11-16/h8,10,16H,1-7,9,11H2/b10-8+. The molecule has 0 atom stereocenters. The van der Waals surface area contributed by atoms with Crippen molar-refractivity contribution in [2.24, 2.45) is 0 Å². The Hall–Kier alpha value is -0.150. The number of hydrogen-bond acceptors (Lipinski definition) is 1. The van der Waals surface area contributed by atoms with Gasteiger partial charge in [-0.15, -0.1) is 0 Å². The summed E-state index contributed by atoms with van der Waals surface area (Å²) in [6, 6.07) is 0. The molecule has 16 heavy (non-hydrogen) atoms. The molecule has 0 aromatic heterocycles. The zero-order chi connectivity index (χ0) is 12.3. The smallest absolute Gasteiger partial charge is 0.341 e. The Labute approximate surface area is 101 Å². The number of unbranched alkanes of at least 4 members (excludes halogenated alkanes) is 7. The van der Waals surface area contributed by atoms with Crippen molar-refractivity contribution < 1.29 is 13.9 Å². The first-order chi connectivity index (χ1) is 7.56. The number of hydrogen-bond donors (Lipinski definition) is 1. The Morgan fingerprint density at radius 3 is 1.94 bits per heavy atom. The van der Waals surface area contributed by atoms with E-state index in [1.807, 2.05) is 0 Å². The Morgan fingerprint density at radius 2 is 1.44 bits per heavy atom. The molecule has 0 amide bonds. The van der Waals surface area contributed by atoms with Gasteiger partial charge in [0.2, 0.25) is 0 Å². The van der Waals surface area contributed by atoms with E-state index in [2.05, 4.69) is 0 Å². The number of rotatable bonds is 10. The van der Waals surface area contributed by atoms with E-state index < -0.39 is 5.38 Å². The Bertz CT molecular complexity index is 178. The number of allylic oxidation sites excluding steroid dienone is 2. The van der Waals surface area contributed by atoms with Crippen molar-refractivity contribution in [3.05, 3.63) is 12.2 Å². The Balaban J connectivity index is 3.13. The summed E-state index contributed by atoms with van der Waals surface area (Å²) in [5.41, 5.74) is 0. The van der Waals surface area contributed by atoms with Gasteiger partial charge in [-0.3, -0.25) is 0 Å². The fraction of sp³-hybridized carbons (Fsp3) is 0.833. The van der Waals surface area contributed by atoms with E-state index in [9.17, 15) is 8.78 Å². The predicted molar refractivity (Wildman–Crippen MR) is 64.0 cm³/mol. The summed E-state index contributed by atoms with van der Waals surface area (Å²) >= 11 is 4.70. The summed E-state index contributed by atoms with van der Waals surface area (Å²) in [7, 11) is 0. The third-order valence-electron chi connectivity index (χ3n) is 2.34. The maximum Gasteiger partial charge on any atom is 0.341 e. The monoisotopic (exact) mass is 254 g/mol. The van der Waals surface area contributed by atoms with Crippen LogP contribution >= 0.6 is 11.6 Å². The first-order valence-corrected chi connectivity index (χ1v) is 6.29. The Kier molecular flexibility index (Phi) is 9.94. The van der Waals surface area contributed by atoms with Gasteiger partial charge in [-0.2, -0.15) is 8.78 Å². The normalized spacial score (nSPS) is 12.5. The van der Waals surface area contributed by atoms with Gasteiger partial charge >= 0.3 is 5.38 Å². The van der Waals surface area contributed by atoms with Crippen molar-refractivity contribution in [1.82, 2.24) is 0 Å². The van der Waals surface area contributed by atoms with Crippen molar-refractivity contribution in [2.45, 2.75) is 56.7 Å². The van der Waals surface area contributed by atoms with Crippen LogP contribution in [0.25, 0.3) is 0 Å². The number of halogens is 3. The second-order valence-electron chi connectivity index (χ2n) is 3.93. The van der Waals surface area contributed by atoms with Gasteiger partial charge < -0.3 is 5.11 Å². The minimum Gasteiger partial charge on any atom is -0.396 e. The van der Waals surface area contributed by atoms with E-state index >= 15 is 0 Å². The molecule has 0 fully saturated rings. The van der Waals surface area contributed by atoms with E-state index in [4.69, 9.17) is 16.7 Å². The zero-order valence-corrected chi connectivity index (χ0v) is 10.4. The highest BCUT2D eigenvalue weighted by Gasteiger charge is 2.18. The summed E-state index contributed by atoms with van der Waals surface area (Å²) in [4.78, 5) is 0. The fourth-order valence-corrected chi connectivity index (χ4v) is 1.56. The van der Waals surface area contributed by atoms with Crippen LogP contribution < -0.4 is 0 Å². The van der Waals surface area contributed by atoms with Crippen LogP contribution in [0.5, 0.6) is 0 Å². The molecule has 0 aliphatic heterocycles. The molecule has 1 N–H and O–H groups in total. The summed E-state index contributed by atoms with van der Waals surface area (Å²) in [5, 5.41) is 5.36. The van der Waals surface area contributed by atoms with E-state index in [1.165, 1.54) is 6.08 Å². The molecule has 0 aromatic rings. The van der Waals surface area contributed by atoms with Crippen LogP contribution in [0.2, 0.25) is 0 Å². The molecule has 0 rings (SSSR count). The minimum atomic E-state index is -3.19. The second kappa shape index (κ2) is 10.0. The predicted octanol–water partition coefficient (Wildman–Crippen LogP) is 4.49. The molecule has 0 radical (unpaired) electrons. The number of aliphatic hydroxyl groups is 1. The average Bonchev–Trinajstić information content (AvgIpc) is 2.19. The van der Waals surface area contributed by atoms with Crippen LogP contribution in [0.3, 0.4) is 0 Å². The highest BCUT2D eigenvalue weighted by Crippen LogP contribution is 2.20. The molecule has 0 bridgehead atoms. The first kappa shape index (κ1) is 15.9. The number of aliphatic hydroxyl groups excluding tert-OH is 1. The fourth-order valence-electron chi connectivity index (χ4n) is 1.47. The van der Waals surface area contributed by atoms with Crippen molar-refractivity contribution in [1.29, 1.82) is 0 Å². The molecular formula is C12H21ClF2O. The molecule has 0 heterocycles. The molecule has 0 unspecified atom stereocenters. The third-order valence-corrected chi connectivity index (χ3v) is 2.46. The van der Waals surface area contributed by atoms with Gasteiger partial charge in [0.1, 0.15) is 0 Å². The van der Waals surface area contributed by atoms with Crippen LogP contribution in [0.15, 0.2) is 12.2 Å². The van der Waals surface area contributed by atoms with Crippen molar-refractivity contribution in [2.75, 3.05) is 6.61 Å². The lowest BCUT2D eigenvalue weighted by Crippen LogP contribution is -1.98. The van der Waals surface area contributed by atoms with Gasteiger partial charge in [0.15, 0.2) is 0 Å². The Morgan fingerprint density at radius 1 is 0.938 bits per heavy atom. The molecule has 96 valence electrons. The van der Waals surface area contributed by atoms with E-state index in [0.29, 0.717) is 6.42 Å². The van der Waals surface area contributed by atoms with Gasteiger partial charge in [0.05, 0.1) is 0 Å². The maximum atomic E-state index is 12.1. The van der Waals surface area contributed by atoms with Gasteiger partial charge in [0.25, 0.3) is 0 Å². The quantitative estimate of drug-likeness (QED) is 0.346. The molecule has 0 aliphatic carbocycles. The van der Waals surface area contributed by atoms with Crippen molar-refractivity contribution >= 4 is 11.6 Å². The lowest BCUT2D eigenvalue weighted by molar-refractivity contribution is 0.152. The van der Waals surface area contributed by atoms with Gasteiger partial charge in [-0.25, -0.2) is 0 Å². The summed E-state index contributed by atoms with van der Waals surface area (Å²) in [6.07, 6.45) is 10.3. The van der Waals surface area contributed by atoms with Gasteiger partial charge in [-0.1, -0.05) is 38.2 Å². The van der Waals surface area contributed by atoms with Crippen molar-refractivity contribution in [3.8, 4) is 0 Å². The highest BCUT2D eigenvalue weighted by atomic mass is 35.5. The zero-order valence-electron chi connectivity index (χ0n) is 9.60. The summed E-state index contributed by atoms with van der Waals surface area (Å²) in [6.45, 7) is 0.275.